The molecule has 3 N–H and O–H groups in total. The molecule has 0 unspecified atom stereocenters. The SMILES string of the molecule is O=C(O)c1cc(C(=O)O)c2cn[nH]c2n1. The van der Waals surface area contributed by atoms with Crippen molar-refractivity contribution in [3.05, 3.63) is 23.5 Å². The van der Waals surface area contributed by atoms with Gasteiger partial charge in [0.15, 0.2) is 11.3 Å². The van der Waals surface area contributed by atoms with E-state index in [1.165, 1.54) is 6.20 Å². The number of hydrogen-bond donors (Lipinski definition) is 3. The molecule has 0 aliphatic rings. The van der Waals surface area contributed by atoms with Crippen LogP contribution in [0.2, 0.25) is 0 Å². The maximum atomic E-state index is 10.8. The van der Waals surface area contributed by atoms with E-state index in [1.807, 2.05) is 0 Å². The summed E-state index contributed by atoms with van der Waals surface area (Å²) >= 11 is 0. The number of fused-ring (bicyclic) bond motifs is 1. The fraction of sp³-hybridized carbons (Fsp3) is 0. The molecule has 7 nitrogen and oxygen atoms in total. The number of aromatic amines is 1. The molecule has 15 heavy (non-hydrogen) atoms. The Balaban J connectivity index is 2.80. The number of aromatic carboxylic acids is 2. The molecule has 0 fully saturated rings. The maximum absolute atomic E-state index is 10.8. The van der Waals surface area contributed by atoms with Gasteiger partial charge in [-0.15, -0.1) is 0 Å². The predicted molar refractivity (Wildman–Crippen MR) is 47.8 cm³/mol. The van der Waals surface area contributed by atoms with Gasteiger partial charge in [0, 0.05) is 0 Å². The van der Waals surface area contributed by atoms with Crippen LogP contribution in [-0.4, -0.2) is 37.3 Å². The van der Waals surface area contributed by atoms with Crippen LogP contribution < -0.4 is 0 Å². The molecule has 0 radical (unpaired) electrons. The van der Waals surface area contributed by atoms with Gasteiger partial charge < -0.3 is 10.2 Å². The molecule has 76 valence electrons. The van der Waals surface area contributed by atoms with E-state index < -0.39 is 11.9 Å². The summed E-state index contributed by atoms with van der Waals surface area (Å²) < 4.78 is 0. The van der Waals surface area contributed by atoms with Crippen LogP contribution in [0.15, 0.2) is 12.3 Å². The number of pyridine rings is 1. The minimum absolute atomic E-state index is 0.133. The Morgan fingerprint density at radius 3 is 2.60 bits per heavy atom. The fourth-order valence-electron chi connectivity index (χ4n) is 1.22. The second kappa shape index (κ2) is 3.05. The number of carboxylic acid groups (broad SMARTS) is 2. The van der Waals surface area contributed by atoms with Gasteiger partial charge in [0.1, 0.15) is 0 Å². The first-order valence-electron chi connectivity index (χ1n) is 3.90. The first kappa shape index (κ1) is 9.13. The van der Waals surface area contributed by atoms with E-state index >= 15 is 0 Å². The lowest BCUT2D eigenvalue weighted by Crippen LogP contribution is -2.05. The van der Waals surface area contributed by atoms with E-state index in [-0.39, 0.29) is 22.3 Å². The minimum Gasteiger partial charge on any atom is -0.478 e. The Labute approximate surface area is 82.4 Å². The smallest absolute Gasteiger partial charge is 0.354 e. The van der Waals surface area contributed by atoms with Crippen LogP contribution in [0.4, 0.5) is 0 Å². The molecule has 0 atom stereocenters. The van der Waals surface area contributed by atoms with Crippen molar-refractivity contribution in [2.24, 2.45) is 0 Å². The minimum atomic E-state index is -1.28. The van der Waals surface area contributed by atoms with E-state index in [2.05, 4.69) is 15.2 Å². The molecule has 0 bridgehead atoms. The number of rotatable bonds is 2. The normalized spacial score (nSPS) is 10.4. The van der Waals surface area contributed by atoms with Crippen LogP contribution in [-0.2, 0) is 0 Å². The number of carboxylic acids is 2. The van der Waals surface area contributed by atoms with Crippen LogP contribution in [0.3, 0.4) is 0 Å². The molecule has 0 saturated carbocycles. The molecule has 0 spiro atoms. The summed E-state index contributed by atoms with van der Waals surface area (Å²) in [6.45, 7) is 0. The van der Waals surface area contributed by atoms with Crippen molar-refractivity contribution < 1.29 is 19.8 Å². The Morgan fingerprint density at radius 2 is 2.00 bits per heavy atom. The predicted octanol–water partition coefficient (Wildman–Crippen LogP) is 0.354. The summed E-state index contributed by atoms with van der Waals surface area (Å²) in [5.74, 6) is -2.50. The Morgan fingerprint density at radius 1 is 1.27 bits per heavy atom. The molecule has 2 aromatic rings. The molecule has 2 heterocycles. The van der Waals surface area contributed by atoms with Gasteiger partial charge in [-0.05, 0) is 6.07 Å². The average molecular weight is 207 g/mol. The molecule has 0 aliphatic heterocycles. The molecular formula is C8H5N3O4. The van der Waals surface area contributed by atoms with Crippen molar-refractivity contribution in [1.82, 2.24) is 15.2 Å². The summed E-state index contributed by atoms with van der Waals surface area (Å²) in [5, 5.41) is 23.9. The van der Waals surface area contributed by atoms with Crippen molar-refractivity contribution >= 4 is 23.0 Å². The number of nitrogens with one attached hydrogen (secondary N) is 1. The van der Waals surface area contributed by atoms with Crippen molar-refractivity contribution in [3.8, 4) is 0 Å². The molecule has 0 aliphatic carbocycles. The lowest BCUT2D eigenvalue weighted by molar-refractivity contribution is 0.0691. The third-order valence-corrected chi connectivity index (χ3v) is 1.87. The second-order valence-corrected chi connectivity index (χ2v) is 2.80. The van der Waals surface area contributed by atoms with E-state index in [9.17, 15) is 9.59 Å². The molecule has 2 aromatic heterocycles. The van der Waals surface area contributed by atoms with Gasteiger partial charge in [0.05, 0.1) is 17.1 Å². The van der Waals surface area contributed by atoms with Crippen molar-refractivity contribution in [1.29, 1.82) is 0 Å². The van der Waals surface area contributed by atoms with Gasteiger partial charge in [-0.2, -0.15) is 5.10 Å². The third-order valence-electron chi connectivity index (χ3n) is 1.87. The highest BCUT2D eigenvalue weighted by atomic mass is 16.4. The monoisotopic (exact) mass is 207 g/mol. The number of nitrogens with zero attached hydrogens (tertiary/aromatic N) is 2. The van der Waals surface area contributed by atoms with Gasteiger partial charge in [-0.3, -0.25) is 5.10 Å². The summed E-state index contributed by atoms with van der Waals surface area (Å²) in [6, 6.07) is 1.00. The standard InChI is InChI=1S/C8H5N3O4/c12-7(13)3-1-5(8(14)15)10-6-4(3)2-9-11-6/h1-2H,(H,12,13)(H,14,15)(H,9,10,11). The van der Waals surface area contributed by atoms with Gasteiger partial charge in [-0.1, -0.05) is 0 Å². The van der Waals surface area contributed by atoms with Crippen LogP contribution in [0, 0.1) is 0 Å². The first-order valence-corrected chi connectivity index (χ1v) is 3.90. The lowest BCUT2D eigenvalue weighted by Gasteiger charge is -1.98. The first-order chi connectivity index (χ1) is 7.09. The van der Waals surface area contributed by atoms with E-state index in [0.29, 0.717) is 0 Å². The van der Waals surface area contributed by atoms with Gasteiger partial charge in [-0.25, -0.2) is 14.6 Å². The number of carbonyl (C=O) groups is 2. The highest BCUT2D eigenvalue weighted by Gasteiger charge is 2.16. The zero-order chi connectivity index (χ0) is 11.0. The molecule has 7 heteroatoms. The maximum Gasteiger partial charge on any atom is 0.354 e. The Bertz CT molecular complexity index is 560. The fourth-order valence-corrected chi connectivity index (χ4v) is 1.22. The Kier molecular flexibility index (Phi) is 1.86. The topological polar surface area (TPSA) is 116 Å². The number of aromatic nitrogens is 3. The van der Waals surface area contributed by atoms with Crippen molar-refractivity contribution in [2.75, 3.05) is 0 Å². The van der Waals surface area contributed by atoms with Crippen LogP contribution in [0.5, 0.6) is 0 Å². The quantitative estimate of drug-likeness (QED) is 0.654. The largest absolute Gasteiger partial charge is 0.478 e. The van der Waals surface area contributed by atoms with E-state index in [4.69, 9.17) is 10.2 Å². The van der Waals surface area contributed by atoms with Gasteiger partial charge >= 0.3 is 11.9 Å². The zero-order valence-corrected chi connectivity index (χ0v) is 7.26. The molecular weight excluding hydrogens is 202 g/mol. The highest BCUT2D eigenvalue weighted by Crippen LogP contribution is 2.16. The van der Waals surface area contributed by atoms with Crippen LogP contribution >= 0.6 is 0 Å². The molecule has 2 rings (SSSR count). The van der Waals surface area contributed by atoms with Gasteiger partial charge in [0.2, 0.25) is 0 Å². The van der Waals surface area contributed by atoms with E-state index in [1.54, 1.807) is 0 Å². The molecule has 0 saturated heterocycles. The zero-order valence-electron chi connectivity index (χ0n) is 7.26. The highest BCUT2D eigenvalue weighted by molar-refractivity contribution is 6.03. The summed E-state index contributed by atoms with van der Waals surface area (Å²) in [7, 11) is 0. The summed E-state index contributed by atoms with van der Waals surface area (Å²) in [4.78, 5) is 25.2. The second-order valence-electron chi connectivity index (χ2n) is 2.80. The molecule has 0 aromatic carbocycles. The van der Waals surface area contributed by atoms with Crippen LogP contribution in [0.25, 0.3) is 11.0 Å². The van der Waals surface area contributed by atoms with Crippen molar-refractivity contribution in [2.45, 2.75) is 0 Å². The summed E-state index contributed by atoms with van der Waals surface area (Å²) in [6.07, 6.45) is 1.29. The number of hydrogen-bond acceptors (Lipinski definition) is 4. The Hall–Kier alpha value is -2.44. The van der Waals surface area contributed by atoms with Gasteiger partial charge in [0.25, 0.3) is 0 Å². The lowest BCUT2D eigenvalue weighted by atomic mass is 10.1. The third kappa shape index (κ3) is 1.39. The average Bonchev–Trinajstić information content (AvgIpc) is 2.62. The molecule has 0 amide bonds. The summed E-state index contributed by atoms with van der Waals surface area (Å²) in [5.41, 5.74) is -0.317. The number of H-pyrrole nitrogens is 1. The van der Waals surface area contributed by atoms with Crippen LogP contribution in [0.1, 0.15) is 20.8 Å². The van der Waals surface area contributed by atoms with Crippen molar-refractivity contribution in [3.63, 3.8) is 0 Å². The van der Waals surface area contributed by atoms with E-state index in [0.717, 1.165) is 6.07 Å².